The smallest absolute Gasteiger partial charge is 0.227 e. The number of benzene rings is 1. The van der Waals surface area contributed by atoms with E-state index in [1.54, 1.807) is 7.11 Å². The molecular formula is C22H30N4O4. The number of piperidine rings is 1. The summed E-state index contributed by atoms with van der Waals surface area (Å²) in [5, 5.41) is 6.96. The Kier molecular flexibility index (Phi) is 7.82. The van der Waals surface area contributed by atoms with Gasteiger partial charge < -0.3 is 19.5 Å². The maximum atomic E-state index is 12.6. The number of hydrogen-bond acceptors (Lipinski definition) is 6. The number of aromatic nitrogens is 2. The number of nitrogens with one attached hydrogen (secondary N) is 1. The monoisotopic (exact) mass is 414 g/mol. The van der Waals surface area contributed by atoms with Crippen molar-refractivity contribution in [1.82, 2.24) is 20.4 Å². The van der Waals surface area contributed by atoms with E-state index >= 15 is 0 Å². The molecule has 2 heterocycles. The van der Waals surface area contributed by atoms with Gasteiger partial charge in [0.25, 0.3) is 0 Å². The standard InChI is InChI=1S/C22H30N4O4/c1-3-6-19-24-21(30-25-19)10-9-20(27)23-17-11-13-26(14-12-17)22(28)15-16-7-4-5-8-18(16)29-2/h4-5,7-8,17H,3,6,9-15H2,1-2H3,(H,23,27). The van der Waals surface area contributed by atoms with E-state index in [1.807, 2.05) is 29.2 Å². The molecule has 1 N–H and O–H groups in total. The maximum Gasteiger partial charge on any atom is 0.227 e. The van der Waals surface area contributed by atoms with Crippen molar-refractivity contribution in [3.63, 3.8) is 0 Å². The average molecular weight is 415 g/mol. The van der Waals surface area contributed by atoms with Crippen LogP contribution in [0.25, 0.3) is 0 Å². The Hall–Kier alpha value is -2.90. The summed E-state index contributed by atoms with van der Waals surface area (Å²) in [7, 11) is 1.61. The summed E-state index contributed by atoms with van der Waals surface area (Å²) >= 11 is 0. The van der Waals surface area contributed by atoms with Crippen molar-refractivity contribution in [2.75, 3.05) is 20.2 Å². The van der Waals surface area contributed by atoms with Crippen molar-refractivity contribution in [1.29, 1.82) is 0 Å². The van der Waals surface area contributed by atoms with Gasteiger partial charge in [0.05, 0.1) is 13.5 Å². The number of rotatable bonds is 9. The Morgan fingerprint density at radius 2 is 2.00 bits per heavy atom. The van der Waals surface area contributed by atoms with Gasteiger partial charge in [-0.15, -0.1) is 0 Å². The fourth-order valence-corrected chi connectivity index (χ4v) is 3.63. The summed E-state index contributed by atoms with van der Waals surface area (Å²) in [6.45, 7) is 3.34. The highest BCUT2D eigenvalue weighted by molar-refractivity contribution is 5.80. The van der Waals surface area contributed by atoms with Crippen LogP contribution in [0.1, 0.15) is 49.9 Å². The van der Waals surface area contributed by atoms with E-state index in [4.69, 9.17) is 9.26 Å². The first-order chi connectivity index (χ1) is 14.6. The Labute approximate surface area is 177 Å². The molecule has 8 heteroatoms. The number of carbonyl (C=O) groups excluding carboxylic acids is 2. The maximum absolute atomic E-state index is 12.6. The number of ether oxygens (including phenoxy) is 1. The van der Waals surface area contributed by atoms with Crippen molar-refractivity contribution in [2.24, 2.45) is 0 Å². The molecule has 1 aliphatic rings. The van der Waals surface area contributed by atoms with Crippen LogP contribution in [0, 0.1) is 0 Å². The van der Waals surface area contributed by atoms with Crippen LogP contribution in [0.4, 0.5) is 0 Å². The lowest BCUT2D eigenvalue weighted by Gasteiger charge is -2.32. The Morgan fingerprint density at radius 1 is 1.23 bits per heavy atom. The van der Waals surface area contributed by atoms with Crippen LogP contribution in [0.2, 0.25) is 0 Å². The van der Waals surface area contributed by atoms with E-state index in [9.17, 15) is 9.59 Å². The summed E-state index contributed by atoms with van der Waals surface area (Å²) in [6.07, 6.45) is 4.34. The van der Waals surface area contributed by atoms with Crippen LogP contribution in [0.5, 0.6) is 5.75 Å². The molecule has 30 heavy (non-hydrogen) atoms. The molecule has 0 atom stereocenters. The van der Waals surface area contributed by atoms with E-state index < -0.39 is 0 Å². The lowest BCUT2D eigenvalue weighted by Crippen LogP contribution is -2.47. The number of hydrogen-bond donors (Lipinski definition) is 1. The van der Waals surface area contributed by atoms with E-state index in [0.717, 1.165) is 37.0 Å². The third-order valence-electron chi connectivity index (χ3n) is 5.30. The third kappa shape index (κ3) is 6.05. The van der Waals surface area contributed by atoms with E-state index in [0.29, 0.717) is 44.1 Å². The summed E-state index contributed by atoms with van der Waals surface area (Å²) in [6, 6.07) is 7.67. The van der Waals surface area contributed by atoms with Gasteiger partial charge in [-0.2, -0.15) is 4.98 Å². The van der Waals surface area contributed by atoms with Gasteiger partial charge in [0.1, 0.15) is 5.75 Å². The topological polar surface area (TPSA) is 97.6 Å². The molecular weight excluding hydrogens is 384 g/mol. The van der Waals surface area contributed by atoms with Crippen LogP contribution in [0.3, 0.4) is 0 Å². The van der Waals surface area contributed by atoms with Crippen molar-refractivity contribution in [3.05, 3.63) is 41.5 Å². The zero-order chi connectivity index (χ0) is 21.3. The molecule has 0 saturated carbocycles. The molecule has 162 valence electrons. The van der Waals surface area contributed by atoms with Gasteiger partial charge in [0.15, 0.2) is 5.82 Å². The molecule has 1 saturated heterocycles. The molecule has 1 fully saturated rings. The van der Waals surface area contributed by atoms with Crippen molar-refractivity contribution >= 4 is 11.8 Å². The minimum atomic E-state index is -0.0240. The van der Waals surface area contributed by atoms with Crippen LogP contribution >= 0.6 is 0 Å². The van der Waals surface area contributed by atoms with E-state index in [2.05, 4.69) is 22.4 Å². The first-order valence-corrected chi connectivity index (χ1v) is 10.6. The summed E-state index contributed by atoms with van der Waals surface area (Å²) < 4.78 is 10.5. The second-order valence-corrected chi connectivity index (χ2v) is 7.57. The van der Waals surface area contributed by atoms with Crippen LogP contribution in [-0.2, 0) is 28.9 Å². The van der Waals surface area contributed by atoms with E-state index in [-0.39, 0.29) is 17.9 Å². The summed E-state index contributed by atoms with van der Waals surface area (Å²) in [4.78, 5) is 31.0. The average Bonchev–Trinajstić information content (AvgIpc) is 3.21. The highest BCUT2D eigenvalue weighted by Gasteiger charge is 2.24. The molecule has 3 rings (SSSR count). The van der Waals surface area contributed by atoms with Gasteiger partial charge in [0, 0.05) is 44.0 Å². The Bertz CT molecular complexity index is 843. The number of nitrogens with zero attached hydrogens (tertiary/aromatic N) is 3. The molecule has 0 unspecified atom stereocenters. The first kappa shape index (κ1) is 21.8. The summed E-state index contributed by atoms with van der Waals surface area (Å²) in [5.74, 6) is 1.99. The molecule has 2 aromatic rings. The fraction of sp³-hybridized carbons (Fsp3) is 0.545. The largest absolute Gasteiger partial charge is 0.496 e. The lowest BCUT2D eigenvalue weighted by molar-refractivity contribution is -0.131. The molecule has 0 radical (unpaired) electrons. The molecule has 2 amide bonds. The molecule has 0 aliphatic carbocycles. The van der Waals surface area contributed by atoms with Crippen LogP contribution in [0.15, 0.2) is 28.8 Å². The second-order valence-electron chi connectivity index (χ2n) is 7.57. The molecule has 0 bridgehead atoms. The SMILES string of the molecule is CCCc1noc(CCC(=O)NC2CCN(C(=O)Cc3ccccc3OC)CC2)n1. The molecule has 8 nitrogen and oxygen atoms in total. The van der Waals surface area contributed by atoms with Gasteiger partial charge in [0.2, 0.25) is 17.7 Å². The highest BCUT2D eigenvalue weighted by atomic mass is 16.5. The third-order valence-corrected chi connectivity index (χ3v) is 5.30. The molecule has 1 aromatic carbocycles. The number of amides is 2. The predicted molar refractivity (Wildman–Crippen MR) is 111 cm³/mol. The number of para-hydroxylation sites is 1. The Balaban J connectivity index is 1.39. The highest BCUT2D eigenvalue weighted by Crippen LogP contribution is 2.20. The fourth-order valence-electron chi connectivity index (χ4n) is 3.63. The Morgan fingerprint density at radius 3 is 2.73 bits per heavy atom. The molecule has 1 aliphatic heterocycles. The quantitative estimate of drug-likeness (QED) is 0.676. The van der Waals surface area contributed by atoms with Crippen LogP contribution in [-0.4, -0.2) is 53.1 Å². The van der Waals surface area contributed by atoms with Gasteiger partial charge in [-0.1, -0.05) is 30.3 Å². The van der Waals surface area contributed by atoms with Crippen LogP contribution < -0.4 is 10.1 Å². The lowest BCUT2D eigenvalue weighted by atomic mass is 10.0. The van der Waals surface area contributed by atoms with Gasteiger partial charge in [-0.3, -0.25) is 9.59 Å². The van der Waals surface area contributed by atoms with E-state index in [1.165, 1.54) is 0 Å². The predicted octanol–water partition coefficient (Wildman–Crippen LogP) is 2.31. The zero-order valence-electron chi connectivity index (χ0n) is 17.7. The minimum Gasteiger partial charge on any atom is -0.496 e. The van der Waals surface area contributed by atoms with Gasteiger partial charge in [-0.05, 0) is 25.3 Å². The first-order valence-electron chi connectivity index (χ1n) is 10.6. The van der Waals surface area contributed by atoms with Crippen molar-refractivity contribution in [3.8, 4) is 5.75 Å². The van der Waals surface area contributed by atoms with Gasteiger partial charge in [-0.25, -0.2) is 0 Å². The number of aryl methyl sites for hydroxylation is 2. The number of methoxy groups -OCH3 is 1. The normalized spacial score (nSPS) is 14.5. The van der Waals surface area contributed by atoms with Crippen molar-refractivity contribution < 1.29 is 18.8 Å². The zero-order valence-corrected chi connectivity index (χ0v) is 17.7. The number of carbonyl (C=O) groups is 2. The second kappa shape index (κ2) is 10.8. The number of likely N-dealkylation sites (tertiary alicyclic amines) is 1. The summed E-state index contributed by atoms with van der Waals surface area (Å²) in [5.41, 5.74) is 0.892. The molecule has 0 spiro atoms. The molecule has 1 aromatic heterocycles. The minimum absolute atomic E-state index is 0.0240. The van der Waals surface area contributed by atoms with Gasteiger partial charge >= 0.3 is 0 Å². The van der Waals surface area contributed by atoms with Crippen molar-refractivity contribution in [2.45, 2.75) is 57.9 Å².